The van der Waals surface area contributed by atoms with Crippen LogP contribution in [0, 0.1) is 0 Å². The van der Waals surface area contributed by atoms with E-state index < -0.39 is 6.03 Å². The summed E-state index contributed by atoms with van der Waals surface area (Å²) in [6, 6.07) is 5.02. The third-order valence-electron chi connectivity index (χ3n) is 5.29. The molecule has 8 nitrogen and oxygen atoms in total. The molecule has 1 fully saturated rings. The second kappa shape index (κ2) is 9.86. The Hall–Kier alpha value is -2.16. The van der Waals surface area contributed by atoms with Crippen molar-refractivity contribution in [2.24, 2.45) is 5.73 Å². The predicted octanol–water partition coefficient (Wildman–Crippen LogP) is 2.28. The summed E-state index contributed by atoms with van der Waals surface area (Å²) in [6.45, 7) is 1.82. The van der Waals surface area contributed by atoms with Crippen molar-refractivity contribution in [2.45, 2.75) is 50.9 Å². The molecule has 1 aromatic rings. The molecule has 0 aromatic heterocycles. The second-order valence-electron chi connectivity index (χ2n) is 7.19. The molecule has 1 aromatic carbocycles. The highest BCUT2D eigenvalue weighted by Gasteiger charge is 2.30. The number of nitrogens with two attached hydrogens (primary N) is 1. The molecular formula is C20H29N3O5. The lowest BCUT2D eigenvalue weighted by molar-refractivity contribution is -0.186. The molecule has 28 heavy (non-hydrogen) atoms. The van der Waals surface area contributed by atoms with Crippen LogP contribution < -0.4 is 11.2 Å². The SMILES string of the molecule is COCCCC1c2ccc(C(=O)NOC3CCCCO3)cc2CCN1C(N)=O. The number of methoxy groups -OCH3 is 1. The van der Waals surface area contributed by atoms with Crippen molar-refractivity contribution in [1.29, 1.82) is 0 Å². The Morgan fingerprint density at radius 1 is 1.36 bits per heavy atom. The number of nitrogens with zero attached hydrogens (tertiary/aromatic N) is 1. The summed E-state index contributed by atoms with van der Waals surface area (Å²) in [4.78, 5) is 31.4. The molecular weight excluding hydrogens is 362 g/mol. The van der Waals surface area contributed by atoms with Crippen LogP contribution >= 0.6 is 0 Å². The van der Waals surface area contributed by atoms with Crippen molar-refractivity contribution in [3.63, 3.8) is 0 Å². The summed E-state index contributed by atoms with van der Waals surface area (Å²) in [5.41, 5.74) is 10.7. The Morgan fingerprint density at radius 3 is 2.93 bits per heavy atom. The van der Waals surface area contributed by atoms with E-state index in [1.807, 2.05) is 12.1 Å². The van der Waals surface area contributed by atoms with E-state index in [1.165, 1.54) is 0 Å². The van der Waals surface area contributed by atoms with Crippen molar-refractivity contribution < 1.29 is 23.9 Å². The van der Waals surface area contributed by atoms with Gasteiger partial charge in [-0.2, -0.15) is 0 Å². The summed E-state index contributed by atoms with van der Waals surface area (Å²) in [7, 11) is 1.66. The van der Waals surface area contributed by atoms with Crippen molar-refractivity contribution in [1.82, 2.24) is 10.4 Å². The number of rotatable bonds is 7. The third-order valence-corrected chi connectivity index (χ3v) is 5.29. The Labute approximate surface area is 165 Å². The van der Waals surface area contributed by atoms with E-state index in [4.69, 9.17) is 20.0 Å². The molecule has 3 N–H and O–H groups in total. The van der Waals surface area contributed by atoms with Gasteiger partial charge in [0.15, 0.2) is 6.29 Å². The Balaban J connectivity index is 1.68. The van der Waals surface area contributed by atoms with Crippen LogP contribution in [0.5, 0.6) is 0 Å². The van der Waals surface area contributed by atoms with E-state index in [1.54, 1.807) is 18.1 Å². The van der Waals surface area contributed by atoms with Gasteiger partial charge in [0.1, 0.15) is 0 Å². The van der Waals surface area contributed by atoms with Crippen LogP contribution in [0.25, 0.3) is 0 Å². The van der Waals surface area contributed by atoms with Gasteiger partial charge in [-0.3, -0.25) is 4.79 Å². The second-order valence-corrected chi connectivity index (χ2v) is 7.19. The number of nitrogens with one attached hydrogen (secondary N) is 1. The van der Waals surface area contributed by atoms with Crippen LogP contribution in [0.4, 0.5) is 4.79 Å². The molecule has 8 heteroatoms. The van der Waals surface area contributed by atoms with Crippen molar-refractivity contribution >= 4 is 11.9 Å². The maximum Gasteiger partial charge on any atom is 0.315 e. The van der Waals surface area contributed by atoms with Crippen molar-refractivity contribution in [2.75, 3.05) is 26.9 Å². The van der Waals surface area contributed by atoms with Crippen molar-refractivity contribution in [3.05, 3.63) is 34.9 Å². The number of primary amides is 1. The minimum Gasteiger partial charge on any atom is -0.385 e. The number of benzene rings is 1. The first-order chi connectivity index (χ1) is 13.6. The Bertz CT molecular complexity index is 690. The molecule has 2 atom stereocenters. The number of hydroxylamine groups is 1. The minimum atomic E-state index is -0.421. The zero-order valence-electron chi connectivity index (χ0n) is 16.3. The number of hydrogen-bond acceptors (Lipinski definition) is 5. The van der Waals surface area contributed by atoms with Crippen LogP contribution in [0.2, 0.25) is 0 Å². The molecule has 154 valence electrons. The van der Waals surface area contributed by atoms with Gasteiger partial charge in [0.25, 0.3) is 5.91 Å². The first-order valence-corrected chi connectivity index (χ1v) is 9.85. The molecule has 2 heterocycles. The molecule has 3 rings (SSSR count). The average molecular weight is 391 g/mol. The van der Waals surface area contributed by atoms with Gasteiger partial charge in [0.05, 0.1) is 6.04 Å². The summed E-state index contributed by atoms with van der Waals surface area (Å²) in [5, 5.41) is 0. The molecule has 2 aliphatic rings. The molecule has 0 radical (unpaired) electrons. The molecule has 2 unspecified atom stereocenters. The number of carbonyl (C=O) groups is 2. The highest BCUT2D eigenvalue weighted by Crippen LogP contribution is 2.33. The normalized spacial score (nSPS) is 21.8. The number of carbonyl (C=O) groups excluding carboxylic acids is 2. The van der Waals surface area contributed by atoms with E-state index in [9.17, 15) is 9.59 Å². The summed E-state index contributed by atoms with van der Waals surface area (Å²) in [6.07, 6.45) is 4.68. The fourth-order valence-electron chi connectivity index (χ4n) is 3.83. The van der Waals surface area contributed by atoms with Crippen LogP contribution in [0.15, 0.2) is 18.2 Å². The van der Waals surface area contributed by atoms with Crippen LogP contribution in [-0.4, -0.2) is 50.0 Å². The smallest absolute Gasteiger partial charge is 0.315 e. The Kier molecular flexibility index (Phi) is 7.24. The average Bonchev–Trinajstić information content (AvgIpc) is 2.72. The van der Waals surface area contributed by atoms with Gasteiger partial charge < -0.3 is 20.1 Å². The maximum absolute atomic E-state index is 12.4. The van der Waals surface area contributed by atoms with Gasteiger partial charge in [-0.15, -0.1) is 0 Å². The van der Waals surface area contributed by atoms with E-state index in [2.05, 4.69) is 5.48 Å². The third kappa shape index (κ3) is 5.01. The first-order valence-electron chi connectivity index (χ1n) is 9.85. The lowest BCUT2D eigenvalue weighted by atomic mass is 9.89. The predicted molar refractivity (Wildman–Crippen MR) is 102 cm³/mol. The lowest BCUT2D eigenvalue weighted by Crippen LogP contribution is -2.43. The number of ether oxygens (including phenoxy) is 2. The van der Waals surface area contributed by atoms with Gasteiger partial charge in [0.2, 0.25) is 0 Å². The molecule has 2 aliphatic heterocycles. The van der Waals surface area contributed by atoms with Gasteiger partial charge >= 0.3 is 6.03 Å². The topological polar surface area (TPSA) is 103 Å². The summed E-state index contributed by atoms with van der Waals surface area (Å²) in [5.74, 6) is -0.301. The largest absolute Gasteiger partial charge is 0.385 e. The zero-order chi connectivity index (χ0) is 19.9. The molecule has 3 amide bonds. The van der Waals surface area contributed by atoms with Crippen LogP contribution in [-0.2, 0) is 20.7 Å². The molecule has 1 saturated heterocycles. The van der Waals surface area contributed by atoms with Crippen LogP contribution in [0.1, 0.15) is 59.6 Å². The highest BCUT2D eigenvalue weighted by molar-refractivity contribution is 5.93. The van der Waals surface area contributed by atoms with Gasteiger partial charge in [-0.05, 0) is 55.4 Å². The number of hydrogen-bond donors (Lipinski definition) is 2. The standard InChI is InChI=1S/C20H29N3O5/c1-26-11-4-5-17-16-8-7-15(13-14(16)9-10-23(17)20(21)25)19(24)22-28-18-6-2-3-12-27-18/h7-8,13,17-18H,2-6,9-12H2,1H3,(H2,21,25)(H,22,24). The van der Waals surface area contributed by atoms with E-state index >= 15 is 0 Å². The highest BCUT2D eigenvalue weighted by atomic mass is 16.8. The van der Waals surface area contributed by atoms with Gasteiger partial charge in [-0.25, -0.2) is 15.1 Å². The quantitative estimate of drug-likeness (QED) is 0.548. The van der Waals surface area contributed by atoms with E-state index in [0.717, 1.165) is 43.2 Å². The molecule has 0 aliphatic carbocycles. The lowest BCUT2D eigenvalue weighted by Gasteiger charge is -2.36. The van der Waals surface area contributed by atoms with E-state index in [-0.39, 0.29) is 18.2 Å². The zero-order valence-corrected chi connectivity index (χ0v) is 16.3. The molecule has 0 saturated carbocycles. The number of urea groups is 1. The number of amides is 3. The fraction of sp³-hybridized carbons (Fsp3) is 0.600. The van der Waals surface area contributed by atoms with Gasteiger partial charge in [-0.1, -0.05) is 6.07 Å². The van der Waals surface area contributed by atoms with E-state index in [0.29, 0.717) is 31.7 Å². The molecule has 0 bridgehead atoms. The number of fused-ring (bicyclic) bond motifs is 1. The molecule has 0 spiro atoms. The van der Waals surface area contributed by atoms with Gasteiger partial charge in [0, 0.05) is 38.9 Å². The Morgan fingerprint density at radius 2 is 2.21 bits per heavy atom. The fourth-order valence-corrected chi connectivity index (χ4v) is 3.83. The monoisotopic (exact) mass is 391 g/mol. The first kappa shape index (κ1) is 20.6. The summed E-state index contributed by atoms with van der Waals surface area (Å²) >= 11 is 0. The van der Waals surface area contributed by atoms with Crippen molar-refractivity contribution in [3.8, 4) is 0 Å². The van der Waals surface area contributed by atoms with Crippen LogP contribution in [0.3, 0.4) is 0 Å². The summed E-state index contributed by atoms with van der Waals surface area (Å²) < 4.78 is 10.6. The minimum absolute atomic E-state index is 0.0969. The maximum atomic E-state index is 12.4.